The van der Waals surface area contributed by atoms with Crippen LogP contribution < -0.4 is 4.90 Å². The summed E-state index contributed by atoms with van der Waals surface area (Å²) in [6, 6.07) is 38.8. The molecule has 0 N–H and O–H groups in total. The van der Waals surface area contributed by atoms with E-state index in [1.165, 1.54) is 72.1 Å². The van der Waals surface area contributed by atoms with E-state index in [9.17, 15) is 0 Å². The van der Waals surface area contributed by atoms with Gasteiger partial charge in [-0.05, 0) is 84.5 Å². The second kappa shape index (κ2) is 8.10. The molecule has 2 aliphatic heterocycles. The van der Waals surface area contributed by atoms with Gasteiger partial charge in [-0.15, -0.1) is 0 Å². The largest absolute Gasteiger partial charge is 0.370 e. The molecule has 5 aromatic carbocycles. The number of fused-ring (bicyclic) bond motifs is 3. The third-order valence-electron chi connectivity index (χ3n) is 8.74. The molecule has 0 aliphatic carbocycles. The van der Waals surface area contributed by atoms with E-state index in [2.05, 4.69) is 126 Å². The van der Waals surface area contributed by atoms with Crippen LogP contribution in [0.15, 0.2) is 103 Å². The van der Waals surface area contributed by atoms with Crippen LogP contribution in [-0.4, -0.2) is 17.7 Å². The van der Waals surface area contributed by atoms with Gasteiger partial charge in [0.05, 0.1) is 11.0 Å². The molecule has 0 amide bonds. The van der Waals surface area contributed by atoms with Crippen molar-refractivity contribution < 1.29 is 0 Å². The Morgan fingerprint density at radius 3 is 2.21 bits per heavy atom. The van der Waals surface area contributed by atoms with Gasteiger partial charge < -0.3 is 9.47 Å². The summed E-state index contributed by atoms with van der Waals surface area (Å²) in [5.74, 6) is 0.378. The number of nitrogens with zero attached hydrogens (tertiary/aromatic N) is 2. The molecular formula is C36H30N2. The number of aromatic nitrogens is 1. The molecule has 1 unspecified atom stereocenters. The Balaban J connectivity index is 1.32. The molecule has 2 heteroatoms. The summed E-state index contributed by atoms with van der Waals surface area (Å²) in [7, 11) is 0. The quantitative estimate of drug-likeness (QED) is 0.241. The monoisotopic (exact) mass is 490 g/mol. The number of anilines is 1. The second-order valence-electron chi connectivity index (χ2n) is 11.2. The van der Waals surface area contributed by atoms with Crippen molar-refractivity contribution in [3.8, 4) is 16.8 Å². The SMILES string of the molecule is Cc1ccc(-c2cc3c4c(c2)C(c2ccc5c6ccccc6n(-c6ccc(C)cc6)c5c2)CN4CC3)cc1. The number of rotatable bonds is 3. The zero-order chi connectivity index (χ0) is 25.4. The number of hydrogen-bond acceptors (Lipinski definition) is 1. The van der Waals surface area contributed by atoms with Crippen molar-refractivity contribution in [2.45, 2.75) is 26.2 Å². The second-order valence-corrected chi connectivity index (χ2v) is 11.2. The number of para-hydroxylation sites is 1. The minimum absolute atomic E-state index is 0.378. The van der Waals surface area contributed by atoms with Crippen LogP contribution >= 0.6 is 0 Å². The summed E-state index contributed by atoms with van der Waals surface area (Å²) in [4.78, 5) is 2.62. The lowest BCUT2D eigenvalue weighted by Gasteiger charge is -2.16. The normalized spacial score (nSPS) is 16.1. The molecule has 8 rings (SSSR count). The highest BCUT2D eigenvalue weighted by molar-refractivity contribution is 6.09. The number of hydrogen-bond donors (Lipinski definition) is 0. The van der Waals surface area contributed by atoms with Gasteiger partial charge in [-0.25, -0.2) is 0 Å². The molecule has 6 aromatic rings. The molecule has 184 valence electrons. The Bertz CT molecular complexity index is 1860. The van der Waals surface area contributed by atoms with E-state index in [0.29, 0.717) is 5.92 Å². The van der Waals surface area contributed by atoms with Crippen molar-refractivity contribution in [1.29, 1.82) is 0 Å². The highest BCUT2D eigenvalue weighted by atomic mass is 15.2. The van der Waals surface area contributed by atoms with E-state index in [1.54, 1.807) is 0 Å². The number of aryl methyl sites for hydroxylation is 2. The molecule has 3 heterocycles. The lowest BCUT2D eigenvalue weighted by Crippen LogP contribution is -2.20. The summed E-state index contributed by atoms with van der Waals surface area (Å²) < 4.78 is 2.45. The molecule has 1 aromatic heterocycles. The Kier molecular flexibility index (Phi) is 4.64. The zero-order valence-corrected chi connectivity index (χ0v) is 21.9. The predicted octanol–water partition coefficient (Wildman–Crippen LogP) is 8.58. The van der Waals surface area contributed by atoms with Gasteiger partial charge in [-0.3, -0.25) is 0 Å². The molecule has 0 bridgehead atoms. The molecule has 0 spiro atoms. The van der Waals surface area contributed by atoms with E-state index in [-0.39, 0.29) is 0 Å². The van der Waals surface area contributed by atoms with Gasteiger partial charge in [0.1, 0.15) is 0 Å². The van der Waals surface area contributed by atoms with E-state index in [4.69, 9.17) is 0 Å². The average molecular weight is 491 g/mol. The molecule has 2 nitrogen and oxygen atoms in total. The van der Waals surface area contributed by atoms with Crippen LogP contribution in [0.5, 0.6) is 0 Å². The van der Waals surface area contributed by atoms with Gasteiger partial charge in [0.2, 0.25) is 0 Å². The van der Waals surface area contributed by atoms with Crippen LogP contribution in [0.1, 0.15) is 33.7 Å². The van der Waals surface area contributed by atoms with Gasteiger partial charge in [0, 0.05) is 41.2 Å². The third-order valence-corrected chi connectivity index (χ3v) is 8.74. The fourth-order valence-electron chi connectivity index (χ4n) is 6.80. The fourth-order valence-corrected chi connectivity index (χ4v) is 6.80. The first-order valence-corrected chi connectivity index (χ1v) is 13.7. The van der Waals surface area contributed by atoms with Crippen LogP contribution in [0.2, 0.25) is 0 Å². The molecular weight excluding hydrogens is 460 g/mol. The maximum atomic E-state index is 2.62. The molecule has 0 fully saturated rings. The zero-order valence-electron chi connectivity index (χ0n) is 21.9. The minimum Gasteiger partial charge on any atom is -0.370 e. The molecule has 1 atom stereocenters. The first-order chi connectivity index (χ1) is 18.6. The van der Waals surface area contributed by atoms with E-state index in [1.807, 2.05) is 0 Å². The highest BCUT2D eigenvalue weighted by Gasteiger charge is 2.35. The van der Waals surface area contributed by atoms with E-state index in [0.717, 1.165) is 19.5 Å². The summed E-state index contributed by atoms with van der Waals surface area (Å²) in [6.45, 7) is 6.50. The first kappa shape index (κ1) is 21.8. The summed E-state index contributed by atoms with van der Waals surface area (Å²) >= 11 is 0. The van der Waals surface area contributed by atoms with Crippen LogP contribution in [-0.2, 0) is 6.42 Å². The van der Waals surface area contributed by atoms with Crippen molar-refractivity contribution in [2.24, 2.45) is 0 Å². The van der Waals surface area contributed by atoms with Crippen molar-refractivity contribution in [2.75, 3.05) is 18.0 Å². The molecule has 38 heavy (non-hydrogen) atoms. The molecule has 2 aliphatic rings. The Morgan fingerprint density at radius 2 is 1.39 bits per heavy atom. The van der Waals surface area contributed by atoms with Crippen LogP contribution in [0.25, 0.3) is 38.6 Å². The van der Waals surface area contributed by atoms with Crippen LogP contribution in [0.3, 0.4) is 0 Å². The van der Waals surface area contributed by atoms with E-state index < -0.39 is 0 Å². The Morgan fingerprint density at radius 1 is 0.658 bits per heavy atom. The fraction of sp³-hybridized carbons (Fsp3) is 0.167. The summed E-state index contributed by atoms with van der Waals surface area (Å²) in [5, 5.41) is 2.63. The first-order valence-electron chi connectivity index (χ1n) is 13.7. The maximum Gasteiger partial charge on any atom is 0.0544 e. The van der Waals surface area contributed by atoms with Gasteiger partial charge in [0.15, 0.2) is 0 Å². The Hall–Kier alpha value is -4.30. The van der Waals surface area contributed by atoms with Gasteiger partial charge >= 0.3 is 0 Å². The van der Waals surface area contributed by atoms with E-state index >= 15 is 0 Å². The molecule has 0 radical (unpaired) electrons. The summed E-state index contributed by atoms with van der Waals surface area (Å²) in [5.41, 5.74) is 14.9. The van der Waals surface area contributed by atoms with Crippen molar-refractivity contribution in [3.63, 3.8) is 0 Å². The van der Waals surface area contributed by atoms with Crippen molar-refractivity contribution in [3.05, 3.63) is 131 Å². The lowest BCUT2D eigenvalue weighted by atomic mass is 9.88. The maximum absolute atomic E-state index is 2.62. The minimum atomic E-state index is 0.378. The standard InChI is InChI=1S/C36H30N2/c1-23-7-11-25(12-8-23)28-19-27-17-18-37-22-33(32(20-28)36(27)37)26-13-16-31-30-5-3-4-6-34(30)38(35(31)21-26)29-14-9-24(2)10-15-29/h3-16,19-21,33H,17-18,22H2,1-2H3. The number of benzene rings is 5. The smallest absolute Gasteiger partial charge is 0.0544 e. The highest BCUT2D eigenvalue weighted by Crippen LogP contribution is 2.48. The predicted molar refractivity (Wildman–Crippen MR) is 160 cm³/mol. The summed E-state index contributed by atoms with van der Waals surface area (Å²) in [6.07, 6.45) is 1.15. The van der Waals surface area contributed by atoms with Crippen LogP contribution in [0, 0.1) is 13.8 Å². The van der Waals surface area contributed by atoms with Gasteiger partial charge in [-0.1, -0.05) is 77.9 Å². The van der Waals surface area contributed by atoms with Crippen LogP contribution in [0.4, 0.5) is 5.69 Å². The molecule has 0 saturated heterocycles. The van der Waals surface area contributed by atoms with Gasteiger partial charge in [0.25, 0.3) is 0 Å². The lowest BCUT2D eigenvalue weighted by molar-refractivity contribution is 0.785. The topological polar surface area (TPSA) is 8.17 Å². The average Bonchev–Trinajstić information content (AvgIpc) is 3.63. The molecule has 0 saturated carbocycles. The van der Waals surface area contributed by atoms with Gasteiger partial charge in [-0.2, -0.15) is 0 Å². The third kappa shape index (κ3) is 3.20. The Labute approximate surface area is 223 Å². The van der Waals surface area contributed by atoms with Crippen molar-refractivity contribution in [1.82, 2.24) is 4.57 Å². The van der Waals surface area contributed by atoms with Crippen molar-refractivity contribution >= 4 is 27.5 Å².